The average molecular weight is 305 g/mol. The van der Waals surface area contributed by atoms with Gasteiger partial charge in [-0.05, 0) is 53.0 Å². The largest absolute Gasteiger partial charge is 0.324 e. The van der Waals surface area contributed by atoms with Gasteiger partial charge in [0.2, 0.25) is 0 Å². The lowest BCUT2D eigenvalue weighted by Crippen LogP contribution is -2.15. The zero-order valence-electron chi connectivity index (χ0n) is 10.7. The van der Waals surface area contributed by atoms with Crippen molar-refractivity contribution in [2.75, 3.05) is 0 Å². The normalized spacial score (nSPS) is 12.4. The Morgan fingerprint density at radius 1 is 1.22 bits per heavy atom. The van der Waals surface area contributed by atoms with Crippen molar-refractivity contribution in [1.82, 2.24) is 4.98 Å². The van der Waals surface area contributed by atoms with Crippen LogP contribution in [0.1, 0.15) is 28.4 Å². The van der Waals surface area contributed by atoms with Gasteiger partial charge in [0.1, 0.15) is 0 Å². The van der Waals surface area contributed by atoms with Crippen molar-refractivity contribution in [2.24, 2.45) is 5.73 Å². The molecule has 3 heteroatoms. The minimum atomic E-state index is -0.000671. The van der Waals surface area contributed by atoms with E-state index in [1.54, 1.807) is 0 Å². The van der Waals surface area contributed by atoms with Gasteiger partial charge in [0, 0.05) is 28.8 Å². The molecule has 1 aromatic heterocycles. The van der Waals surface area contributed by atoms with Crippen LogP contribution in [0.3, 0.4) is 0 Å². The predicted octanol–water partition coefficient (Wildman–Crippen LogP) is 3.70. The first kappa shape index (κ1) is 13.2. The van der Waals surface area contributed by atoms with Gasteiger partial charge in [-0.3, -0.25) is 4.98 Å². The molecule has 1 heterocycles. The standard InChI is InChI=1S/C15H17BrN2/c1-10-3-6-14(11(2)7-10)15(17)8-13-5-4-12(16)9-18-13/h3-7,9,15H,8,17H2,1-2H3. The van der Waals surface area contributed by atoms with Crippen molar-refractivity contribution < 1.29 is 0 Å². The first-order chi connectivity index (χ1) is 8.56. The van der Waals surface area contributed by atoms with E-state index in [1.807, 2.05) is 18.3 Å². The Bertz CT molecular complexity index is 535. The second kappa shape index (κ2) is 5.63. The number of aryl methyl sites for hydroxylation is 2. The molecule has 0 amide bonds. The van der Waals surface area contributed by atoms with Crippen molar-refractivity contribution in [2.45, 2.75) is 26.3 Å². The number of rotatable bonds is 3. The number of nitrogens with zero attached hydrogens (tertiary/aromatic N) is 1. The summed E-state index contributed by atoms with van der Waals surface area (Å²) in [5.74, 6) is 0. The van der Waals surface area contributed by atoms with Gasteiger partial charge < -0.3 is 5.73 Å². The molecule has 0 bridgehead atoms. The molecule has 0 aliphatic carbocycles. The molecule has 0 saturated carbocycles. The van der Waals surface area contributed by atoms with E-state index in [0.29, 0.717) is 0 Å². The Balaban J connectivity index is 2.16. The maximum absolute atomic E-state index is 6.26. The zero-order chi connectivity index (χ0) is 13.1. The Labute approximate surface area is 116 Å². The van der Waals surface area contributed by atoms with Crippen molar-refractivity contribution >= 4 is 15.9 Å². The van der Waals surface area contributed by atoms with Gasteiger partial charge in [-0.25, -0.2) is 0 Å². The number of hydrogen-bond acceptors (Lipinski definition) is 2. The van der Waals surface area contributed by atoms with Crippen LogP contribution in [-0.2, 0) is 6.42 Å². The molecule has 2 aromatic rings. The minimum Gasteiger partial charge on any atom is -0.324 e. The van der Waals surface area contributed by atoms with E-state index < -0.39 is 0 Å². The third-order valence-electron chi connectivity index (χ3n) is 3.04. The number of aromatic nitrogens is 1. The SMILES string of the molecule is Cc1ccc(C(N)Cc2ccc(Br)cn2)c(C)c1. The maximum Gasteiger partial charge on any atom is 0.0423 e. The van der Waals surface area contributed by atoms with Crippen LogP contribution in [0.5, 0.6) is 0 Å². The quantitative estimate of drug-likeness (QED) is 0.939. The van der Waals surface area contributed by atoms with Crippen LogP contribution in [-0.4, -0.2) is 4.98 Å². The van der Waals surface area contributed by atoms with Gasteiger partial charge in [0.15, 0.2) is 0 Å². The molecule has 0 aliphatic rings. The van der Waals surface area contributed by atoms with E-state index in [0.717, 1.165) is 16.6 Å². The molecule has 0 fully saturated rings. The molecule has 1 atom stereocenters. The van der Waals surface area contributed by atoms with Crippen LogP contribution < -0.4 is 5.73 Å². The summed E-state index contributed by atoms with van der Waals surface area (Å²) in [6.45, 7) is 4.20. The highest BCUT2D eigenvalue weighted by molar-refractivity contribution is 9.10. The highest BCUT2D eigenvalue weighted by atomic mass is 79.9. The second-order valence-corrected chi connectivity index (χ2v) is 5.55. The highest BCUT2D eigenvalue weighted by Gasteiger charge is 2.10. The maximum atomic E-state index is 6.26. The van der Waals surface area contributed by atoms with E-state index in [1.165, 1.54) is 16.7 Å². The summed E-state index contributed by atoms with van der Waals surface area (Å²) in [7, 11) is 0. The average Bonchev–Trinajstić information content (AvgIpc) is 2.32. The molecule has 0 radical (unpaired) electrons. The number of benzene rings is 1. The molecule has 2 nitrogen and oxygen atoms in total. The van der Waals surface area contributed by atoms with Gasteiger partial charge in [0.05, 0.1) is 0 Å². The highest BCUT2D eigenvalue weighted by Crippen LogP contribution is 2.20. The fourth-order valence-electron chi connectivity index (χ4n) is 2.10. The summed E-state index contributed by atoms with van der Waals surface area (Å²) in [4.78, 5) is 4.36. The summed E-state index contributed by atoms with van der Waals surface area (Å²) < 4.78 is 0.992. The third-order valence-corrected chi connectivity index (χ3v) is 3.51. The lowest BCUT2D eigenvalue weighted by Gasteiger charge is -2.15. The molecule has 1 aromatic carbocycles. The van der Waals surface area contributed by atoms with E-state index in [9.17, 15) is 0 Å². The predicted molar refractivity (Wildman–Crippen MR) is 78.5 cm³/mol. The number of pyridine rings is 1. The van der Waals surface area contributed by atoms with E-state index in [2.05, 4.69) is 53.0 Å². The van der Waals surface area contributed by atoms with Gasteiger partial charge >= 0.3 is 0 Å². The topological polar surface area (TPSA) is 38.9 Å². The Morgan fingerprint density at radius 2 is 2.00 bits per heavy atom. The smallest absolute Gasteiger partial charge is 0.0423 e. The van der Waals surface area contributed by atoms with Gasteiger partial charge in [-0.2, -0.15) is 0 Å². The van der Waals surface area contributed by atoms with Crippen LogP contribution in [0.4, 0.5) is 0 Å². The molecule has 2 rings (SSSR count). The van der Waals surface area contributed by atoms with Crippen LogP contribution in [0, 0.1) is 13.8 Å². The minimum absolute atomic E-state index is 0.000671. The lowest BCUT2D eigenvalue weighted by atomic mass is 9.96. The molecular formula is C15H17BrN2. The fraction of sp³-hybridized carbons (Fsp3) is 0.267. The zero-order valence-corrected chi connectivity index (χ0v) is 12.2. The van der Waals surface area contributed by atoms with Crippen LogP contribution in [0.25, 0.3) is 0 Å². The summed E-state index contributed by atoms with van der Waals surface area (Å²) in [5, 5.41) is 0. The molecule has 0 spiro atoms. The van der Waals surface area contributed by atoms with Crippen molar-refractivity contribution in [3.05, 3.63) is 63.4 Å². The van der Waals surface area contributed by atoms with Gasteiger partial charge in [0.25, 0.3) is 0 Å². The summed E-state index contributed by atoms with van der Waals surface area (Å²) >= 11 is 3.38. The summed E-state index contributed by atoms with van der Waals surface area (Å²) in [6.07, 6.45) is 2.57. The second-order valence-electron chi connectivity index (χ2n) is 4.64. The Kier molecular flexibility index (Phi) is 4.15. The van der Waals surface area contributed by atoms with Gasteiger partial charge in [-0.15, -0.1) is 0 Å². The van der Waals surface area contributed by atoms with Crippen molar-refractivity contribution in [1.29, 1.82) is 0 Å². The van der Waals surface area contributed by atoms with Crippen LogP contribution >= 0.6 is 15.9 Å². The van der Waals surface area contributed by atoms with Crippen molar-refractivity contribution in [3.8, 4) is 0 Å². The van der Waals surface area contributed by atoms with E-state index in [-0.39, 0.29) is 6.04 Å². The lowest BCUT2D eigenvalue weighted by molar-refractivity contribution is 0.701. The molecular weight excluding hydrogens is 288 g/mol. The van der Waals surface area contributed by atoms with Gasteiger partial charge in [-0.1, -0.05) is 23.8 Å². The molecule has 2 N–H and O–H groups in total. The Hall–Kier alpha value is -1.19. The Morgan fingerprint density at radius 3 is 2.61 bits per heavy atom. The molecule has 0 saturated heterocycles. The number of hydrogen-bond donors (Lipinski definition) is 1. The first-order valence-electron chi connectivity index (χ1n) is 5.99. The third kappa shape index (κ3) is 3.18. The van der Waals surface area contributed by atoms with Crippen LogP contribution in [0.2, 0.25) is 0 Å². The first-order valence-corrected chi connectivity index (χ1v) is 6.78. The van der Waals surface area contributed by atoms with E-state index >= 15 is 0 Å². The number of halogens is 1. The number of nitrogens with two attached hydrogens (primary N) is 1. The van der Waals surface area contributed by atoms with Crippen LogP contribution in [0.15, 0.2) is 41.0 Å². The van der Waals surface area contributed by atoms with Crippen molar-refractivity contribution in [3.63, 3.8) is 0 Å². The molecule has 0 aliphatic heterocycles. The summed E-state index contributed by atoms with van der Waals surface area (Å²) in [6, 6.07) is 10.4. The van der Waals surface area contributed by atoms with E-state index in [4.69, 9.17) is 5.73 Å². The molecule has 18 heavy (non-hydrogen) atoms. The summed E-state index contributed by atoms with van der Waals surface area (Å²) in [5.41, 5.74) is 11.0. The monoisotopic (exact) mass is 304 g/mol. The fourth-order valence-corrected chi connectivity index (χ4v) is 2.34. The molecule has 94 valence electrons. The molecule has 1 unspecified atom stereocenters.